The van der Waals surface area contributed by atoms with Crippen molar-refractivity contribution in [1.29, 1.82) is 5.26 Å². The number of carbonyl (C=O) groups is 1. The molecule has 0 fully saturated rings. The molecule has 0 aliphatic heterocycles. The number of benzene rings is 2. The van der Waals surface area contributed by atoms with Crippen LogP contribution in [-0.2, 0) is 4.79 Å². The Labute approximate surface area is 153 Å². The second-order valence-electron chi connectivity index (χ2n) is 4.67. The van der Waals surface area contributed by atoms with Gasteiger partial charge in [0.05, 0.1) is 21.7 Å². The van der Waals surface area contributed by atoms with Gasteiger partial charge in [-0.2, -0.15) is 5.26 Å². The van der Waals surface area contributed by atoms with Crippen LogP contribution in [0.5, 0.6) is 5.75 Å². The molecule has 0 aliphatic carbocycles. The molecule has 122 valence electrons. The fourth-order valence-corrected chi connectivity index (χ4v) is 2.65. The molecular weight excluding hydrogens is 373 g/mol. The molecule has 0 aliphatic rings. The molecule has 2 rings (SSSR count). The standard InChI is InChI=1S/C17H10Cl3NO3/c18-13-3-1-11(2-4-13)12(8-21)5-10-6-14(19)17(15(20)7-10)24-9-16(22)23/h1-7H,9H2,(H,22,23)/b12-5+. The Balaban J connectivity index is 2.36. The van der Waals surface area contributed by atoms with E-state index in [1.165, 1.54) is 12.1 Å². The molecule has 4 nitrogen and oxygen atoms in total. The molecule has 0 radical (unpaired) electrons. The number of aliphatic carboxylic acids is 1. The number of hydrogen-bond acceptors (Lipinski definition) is 3. The SMILES string of the molecule is N#C/C(=C\c1cc(Cl)c(OCC(=O)O)c(Cl)c1)c1ccc(Cl)cc1. The van der Waals surface area contributed by atoms with Crippen molar-refractivity contribution < 1.29 is 14.6 Å². The molecule has 0 saturated carbocycles. The maximum atomic E-state index is 10.6. The molecule has 24 heavy (non-hydrogen) atoms. The minimum atomic E-state index is -1.14. The second kappa shape index (κ2) is 8.07. The van der Waals surface area contributed by atoms with Crippen molar-refractivity contribution in [2.24, 2.45) is 0 Å². The number of halogens is 3. The van der Waals surface area contributed by atoms with E-state index in [9.17, 15) is 10.1 Å². The highest BCUT2D eigenvalue weighted by Crippen LogP contribution is 2.35. The van der Waals surface area contributed by atoms with E-state index in [0.717, 1.165) is 0 Å². The maximum Gasteiger partial charge on any atom is 0.341 e. The van der Waals surface area contributed by atoms with Crippen LogP contribution in [0.2, 0.25) is 15.1 Å². The Kier molecular flexibility index (Phi) is 6.10. The number of carboxylic acid groups (broad SMARTS) is 1. The quantitative estimate of drug-likeness (QED) is 0.572. The number of nitrogens with zero attached hydrogens (tertiary/aromatic N) is 1. The molecule has 0 spiro atoms. The average molecular weight is 383 g/mol. The van der Waals surface area contributed by atoms with E-state index < -0.39 is 12.6 Å². The summed E-state index contributed by atoms with van der Waals surface area (Å²) >= 11 is 18.0. The highest BCUT2D eigenvalue weighted by atomic mass is 35.5. The Morgan fingerprint density at radius 3 is 2.25 bits per heavy atom. The first-order chi connectivity index (χ1) is 11.4. The summed E-state index contributed by atoms with van der Waals surface area (Å²) in [5, 5.41) is 18.9. The van der Waals surface area contributed by atoms with Gasteiger partial charge in [-0.25, -0.2) is 4.79 Å². The van der Waals surface area contributed by atoms with Gasteiger partial charge in [0, 0.05) is 5.02 Å². The molecule has 0 saturated heterocycles. The van der Waals surface area contributed by atoms with Gasteiger partial charge in [0.15, 0.2) is 12.4 Å². The number of carboxylic acids is 1. The Morgan fingerprint density at radius 2 is 1.75 bits per heavy atom. The zero-order valence-corrected chi connectivity index (χ0v) is 14.4. The van der Waals surface area contributed by atoms with Gasteiger partial charge in [-0.1, -0.05) is 46.9 Å². The van der Waals surface area contributed by atoms with Crippen molar-refractivity contribution in [1.82, 2.24) is 0 Å². The molecule has 0 unspecified atom stereocenters. The van der Waals surface area contributed by atoms with E-state index in [1.54, 1.807) is 30.3 Å². The molecule has 0 aromatic heterocycles. The zero-order chi connectivity index (χ0) is 17.7. The van der Waals surface area contributed by atoms with Crippen molar-refractivity contribution in [3.8, 4) is 11.8 Å². The highest BCUT2D eigenvalue weighted by Gasteiger charge is 2.11. The summed E-state index contributed by atoms with van der Waals surface area (Å²) in [6, 6.07) is 12.0. The first kappa shape index (κ1) is 18.2. The van der Waals surface area contributed by atoms with Gasteiger partial charge in [0.25, 0.3) is 0 Å². The Morgan fingerprint density at radius 1 is 1.17 bits per heavy atom. The van der Waals surface area contributed by atoms with Crippen LogP contribution in [0, 0.1) is 11.3 Å². The van der Waals surface area contributed by atoms with Crippen LogP contribution in [-0.4, -0.2) is 17.7 Å². The van der Waals surface area contributed by atoms with Crippen LogP contribution in [0.4, 0.5) is 0 Å². The van der Waals surface area contributed by atoms with Crippen molar-refractivity contribution >= 4 is 52.4 Å². The number of allylic oxidation sites excluding steroid dienone is 1. The predicted molar refractivity (Wildman–Crippen MR) is 94.5 cm³/mol. The molecule has 2 aromatic carbocycles. The third kappa shape index (κ3) is 4.65. The van der Waals surface area contributed by atoms with Gasteiger partial charge < -0.3 is 9.84 Å². The lowest BCUT2D eigenvalue weighted by molar-refractivity contribution is -0.139. The topological polar surface area (TPSA) is 70.3 Å². The number of rotatable bonds is 5. The number of hydrogen-bond donors (Lipinski definition) is 1. The second-order valence-corrected chi connectivity index (χ2v) is 5.92. The van der Waals surface area contributed by atoms with Gasteiger partial charge in [0.1, 0.15) is 0 Å². The van der Waals surface area contributed by atoms with Crippen LogP contribution >= 0.6 is 34.8 Å². The fourth-order valence-electron chi connectivity index (χ4n) is 1.91. The summed E-state index contributed by atoms with van der Waals surface area (Å²) in [4.78, 5) is 10.6. The Bertz CT molecular complexity index is 816. The molecule has 0 heterocycles. The first-order valence-corrected chi connectivity index (χ1v) is 7.75. The molecule has 0 bridgehead atoms. The molecule has 1 N–H and O–H groups in total. The van der Waals surface area contributed by atoms with Crippen molar-refractivity contribution in [3.05, 3.63) is 62.6 Å². The monoisotopic (exact) mass is 381 g/mol. The maximum absolute atomic E-state index is 10.6. The summed E-state index contributed by atoms with van der Waals surface area (Å²) in [6.45, 7) is -0.553. The van der Waals surface area contributed by atoms with E-state index in [1.807, 2.05) is 0 Å². The van der Waals surface area contributed by atoms with Crippen molar-refractivity contribution in [2.45, 2.75) is 0 Å². The lowest BCUT2D eigenvalue weighted by atomic mass is 10.0. The normalized spacial score (nSPS) is 11.0. The predicted octanol–water partition coefficient (Wildman–Crippen LogP) is 5.17. The number of nitriles is 1. The first-order valence-electron chi connectivity index (χ1n) is 6.62. The van der Waals surface area contributed by atoms with E-state index in [0.29, 0.717) is 21.7 Å². The van der Waals surface area contributed by atoms with E-state index in [4.69, 9.17) is 44.6 Å². The molecule has 0 amide bonds. The van der Waals surface area contributed by atoms with Crippen LogP contribution in [0.1, 0.15) is 11.1 Å². The van der Waals surface area contributed by atoms with Crippen LogP contribution in [0.3, 0.4) is 0 Å². The van der Waals surface area contributed by atoms with E-state index >= 15 is 0 Å². The summed E-state index contributed by atoms with van der Waals surface area (Å²) in [7, 11) is 0. The fraction of sp³-hybridized carbons (Fsp3) is 0.0588. The van der Waals surface area contributed by atoms with Gasteiger partial charge in [-0.05, 0) is 41.5 Å². The molecule has 2 aromatic rings. The van der Waals surface area contributed by atoms with Crippen LogP contribution in [0.25, 0.3) is 11.6 Å². The van der Waals surface area contributed by atoms with Crippen molar-refractivity contribution in [2.75, 3.05) is 6.61 Å². The Hall–Kier alpha value is -2.19. The largest absolute Gasteiger partial charge is 0.479 e. The lowest BCUT2D eigenvalue weighted by Gasteiger charge is -2.09. The smallest absolute Gasteiger partial charge is 0.341 e. The van der Waals surface area contributed by atoms with Crippen molar-refractivity contribution in [3.63, 3.8) is 0 Å². The van der Waals surface area contributed by atoms with E-state index in [2.05, 4.69) is 6.07 Å². The lowest BCUT2D eigenvalue weighted by Crippen LogP contribution is -2.10. The minimum Gasteiger partial charge on any atom is -0.479 e. The third-order valence-corrected chi connectivity index (χ3v) is 3.76. The summed E-state index contributed by atoms with van der Waals surface area (Å²) in [6.07, 6.45) is 1.61. The summed E-state index contributed by atoms with van der Waals surface area (Å²) in [5.74, 6) is -1.05. The van der Waals surface area contributed by atoms with E-state index in [-0.39, 0.29) is 15.8 Å². The van der Waals surface area contributed by atoms with Crippen LogP contribution < -0.4 is 4.74 Å². The zero-order valence-electron chi connectivity index (χ0n) is 12.1. The minimum absolute atomic E-state index is 0.0860. The van der Waals surface area contributed by atoms with Gasteiger partial charge in [0.2, 0.25) is 0 Å². The van der Waals surface area contributed by atoms with Gasteiger partial charge in [-0.3, -0.25) is 0 Å². The molecule has 0 atom stereocenters. The molecular formula is C17H10Cl3NO3. The average Bonchev–Trinajstić information content (AvgIpc) is 2.52. The molecule has 7 heteroatoms. The van der Waals surface area contributed by atoms with Gasteiger partial charge >= 0.3 is 5.97 Å². The summed E-state index contributed by atoms with van der Waals surface area (Å²) < 4.78 is 5.05. The highest BCUT2D eigenvalue weighted by molar-refractivity contribution is 6.37. The summed E-state index contributed by atoms with van der Waals surface area (Å²) in [5.41, 5.74) is 1.68. The van der Waals surface area contributed by atoms with Crippen LogP contribution in [0.15, 0.2) is 36.4 Å². The third-order valence-electron chi connectivity index (χ3n) is 2.95. The van der Waals surface area contributed by atoms with Gasteiger partial charge in [-0.15, -0.1) is 0 Å². The number of ether oxygens (including phenoxy) is 1.